The SMILES string of the molecule is CCCCCCCCCCCCCCCCCCNC(=O)NCCCc1ccc(O)cc1. The van der Waals surface area contributed by atoms with Gasteiger partial charge in [0.2, 0.25) is 0 Å². The van der Waals surface area contributed by atoms with E-state index in [2.05, 4.69) is 17.6 Å². The van der Waals surface area contributed by atoms with E-state index in [1.165, 1.54) is 102 Å². The minimum absolute atomic E-state index is 0.0586. The lowest BCUT2D eigenvalue weighted by Crippen LogP contribution is -2.36. The molecule has 1 aromatic carbocycles. The van der Waals surface area contributed by atoms with Crippen LogP contribution in [-0.4, -0.2) is 24.2 Å². The van der Waals surface area contributed by atoms with Crippen molar-refractivity contribution in [2.24, 2.45) is 0 Å². The number of unbranched alkanes of at least 4 members (excludes halogenated alkanes) is 15. The number of hydrogen-bond acceptors (Lipinski definition) is 2. The lowest BCUT2D eigenvalue weighted by Gasteiger charge is -2.08. The number of amides is 2. The number of nitrogens with one attached hydrogen (secondary N) is 2. The van der Waals surface area contributed by atoms with Crippen LogP contribution in [0.25, 0.3) is 0 Å². The van der Waals surface area contributed by atoms with Crippen molar-refractivity contribution in [1.29, 1.82) is 0 Å². The zero-order chi connectivity index (χ0) is 23.1. The Kier molecular flexibility index (Phi) is 18.7. The van der Waals surface area contributed by atoms with Gasteiger partial charge in [0, 0.05) is 13.1 Å². The van der Waals surface area contributed by atoms with Crippen molar-refractivity contribution in [2.75, 3.05) is 13.1 Å². The van der Waals surface area contributed by atoms with Crippen LogP contribution in [-0.2, 0) is 6.42 Å². The summed E-state index contributed by atoms with van der Waals surface area (Å²) in [4.78, 5) is 11.8. The average Bonchev–Trinajstić information content (AvgIpc) is 2.80. The number of urea groups is 1. The van der Waals surface area contributed by atoms with Gasteiger partial charge in [-0.1, -0.05) is 115 Å². The number of aromatic hydroxyl groups is 1. The summed E-state index contributed by atoms with van der Waals surface area (Å²) in [7, 11) is 0. The molecule has 0 aliphatic carbocycles. The molecule has 1 aromatic rings. The monoisotopic (exact) mass is 446 g/mol. The molecule has 3 N–H and O–H groups in total. The van der Waals surface area contributed by atoms with E-state index >= 15 is 0 Å². The smallest absolute Gasteiger partial charge is 0.314 e. The summed E-state index contributed by atoms with van der Waals surface area (Å²) in [6.07, 6.45) is 23.7. The minimum atomic E-state index is -0.0586. The van der Waals surface area contributed by atoms with Crippen LogP contribution in [0.4, 0.5) is 4.79 Å². The Bertz CT molecular complexity index is 545. The average molecular weight is 447 g/mol. The summed E-state index contributed by atoms with van der Waals surface area (Å²) in [5.41, 5.74) is 1.18. The Balaban J connectivity index is 1.75. The Labute approximate surface area is 198 Å². The molecule has 0 fully saturated rings. The van der Waals surface area contributed by atoms with E-state index in [0.717, 1.165) is 25.8 Å². The maximum atomic E-state index is 11.8. The number of rotatable bonds is 21. The minimum Gasteiger partial charge on any atom is -0.508 e. The molecule has 0 aliphatic heterocycles. The number of carbonyl (C=O) groups is 1. The fourth-order valence-corrected chi connectivity index (χ4v) is 4.09. The van der Waals surface area contributed by atoms with Gasteiger partial charge in [-0.25, -0.2) is 4.79 Å². The first kappa shape index (κ1) is 28.3. The van der Waals surface area contributed by atoms with Crippen LogP contribution in [0, 0.1) is 0 Å². The third-order valence-corrected chi connectivity index (χ3v) is 6.18. The molecule has 0 heterocycles. The van der Waals surface area contributed by atoms with Crippen molar-refractivity contribution in [3.05, 3.63) is 29.8 Å². The predicted molar refractivity (Wildman–Crippen MR) is 137 cm³/mol. The van der Waals surface area contributed by atoms with Crippen LogP contribution < -0.4 is 10.6 Å². The summed E-state index contributed by atoms with van der Waals surface area (Å²) in [6, 6.07) is 7.19. The second kappa shape index (κ2) is 21.2. The quantitative estimate of drug-likeness (QED) is 0.168. The number of hydrogen-bond donors (Lipinski definition) is 3. The summed E-state index contributed by atoms with van der Waals surface area (Å²) in [5.74, 6) is 0.292. The highest BCUT2D eigenvalue weighted by Crippen LogP contribution is 2.14. The van der Waals surface area contributed by atoms with Gasteiger partial charge in [0.25, 0.3) is 0 Å². The van der Waals surface area contributed by atoms with E-state index in [4.69, 9.17) is 0 Å². The van der Waals surface area contributed by atoms with Crippen LogP contribution in [0.1, 0.15) is 122 Å². The van der Waals surface area contributed by atoms with Gasteiger partial charge in [0.15, 0.2) is 0 Å². The molecule has 0 aliphatic rings. The molecule has 0 spiro atoms. The third kappa shape index (κ3) is 17.9. The van der Waals surface area contributed by atoms with Crippen LogP contribution in [0.5, 0.6) is 5.75 Å². The van der Waals surface area contributed by atoms with E-state index in [0.29, 0.717) is 12.3 Å². The van der Waals surface area contributed by atoms with E-state index < -0.39 is 0 Å². The third-order valence-electron chi connectivity index (χ3n) is 6.18. The highest BCUT2D eigenvalue weighted by Gasteiger charge is 2.00. The standard InChI is InChI=1S/C28H50N2O2/c1-2-3-4-5-6-7-8-9-10-11-12-13-14-15-16-17-24-29-28(32)30-25-18-19-26-20-22-27(31)23-21-26/h20-23,31H,2-19,24-25H2,1H3,(H2,29,30,32). The molecule has 0 saturated carbocycles. The van der Waals surface area contributed by atoms with Gasteiger partial charge in [-0.05, 0) is 37.0 Å². The lowest BCUT2D eigenvalue weighted by molar-refractivity contribution is 0.240. The molecule has 0 unspecified atom stereocenters. The van der Waals surface area contributed by atoms with Crippen molar-refractivity contribution >= 4 is 6.03 Å². The molecular weight excluding hydrogens is 396 g/mol. The van der Waals surface area contributed by atoms with E-state index in [9.17, 15) is 9.90 Å². The molecule has 2 amide bonds. The van der Waals surface area contributed by atoms with Crippen molar-refractivity contribution < 1.29 is 9.90 Å². The van der Waals surface area contributed by atoms with Gasteiger partial charge >= 0.3 is 6.03 Å². The first-order chi connectivity index (χ1) is 15.7. The Morgan fingerprint density at radius 3 is 1.50 bits per heavy atom. The largest absolute Gasteiger partial charge is 0.508 e. The molecule has 4 heteroatoms. The molecule has 0 bridgehead atoms. The summed E-state index contributed by atoms with van der Waals surface area (Å²) >= 11 is 0. The van der Waals surface area contributed by atoms with Crippen LogP contribution >= 0.6 is 0 Å². The topological polar surface area (TPSA) is 61.4 Å². The number of benzene rings is 1. The van der Waals surface area contributed by atoms with Crippen LogP contribution in [0.3, 0.4) is 0 Å². The van der Waals surface area contributed by atoms with Gasteiger partial charge in [-0.15, -0.1) is 0 Å². The van der Waals surface area contributed by atoms with E-state index in [-0.39, 0.29) is 6.03 Å². The second-order valence-electron chi connectivity index (χ2n) is 9.26. The summed E-state index contributed by atoms with van der Waals surface area (Å²) < 4.78 is 0. The molecule has 0 atom stereocenters. The highest BCUT2D eigenvalue weighted by atomic mass is 16.3. The van der Waals surface area contributed by atoms with Crippen LogP contribution in [0.2, 0.25) is 0 Å². The fourth-order valence-electron chi connectivity index (χ4n) is 4.09. The lowest BCUT2D eigenvalue weighted by atomic mass is 10.0. The van der Waals surface area contributed by atoms with Crippen molar-refractivity contribution in [3.8, 4) is 5.75 Å². The Hall–Kier alpha value is -1.71. The normalized spacial score (nSPS) is 10.9. The Morgan fingerprint density at radius 1 is 0.625 bits per heavy atom. The molecule has 0 aromatic heterocycles. The van der Waals surface area contributed by atoms with Gasteiger partial charge in [-0.3, -0.25) is 0 Å². The first-order valence-electron chi connectivity index (χ1n) is 13.5. The molecule has 4 nitrogen and oxygen atoms in total. The molecule has 32 heavy (non-hydrogen) atoms. The predicted octanol–water partition coefficient (Wildman–Crippen LogP) is 7.89. The van der Waals surface area contributed by atoms with Crippen molar-refractivity contribution in [1.82, 2.24) is 10.6 Å². The van der Waals surface area contributed by atoms with Crippen molar-refractivity contribution in [2.45, 2.75) is 122 Å². The molecule has 1 rings (SSSR count). The highest BCUT2D eigenvalue weighted by molar-refractivity contribution is 5.73. The fraction of sp³-hybridized carbons (Fsp3) is 0.750. The van der Waals surface area contributed by atoms with E-state index in [1.54, 1.807) is 12.1 Å². The number of phenolic OH excluding ortho intramolecular Hbond substituents is 1. The summed E-state index contributed by atoms with van der Waals surface area (Å²) in [6.45, 7) is 3.72. The first-order valence-corrected chi connectivity index (χ1v) is 13.5. The zero-order valence-electron chi connectivity index (χ0n) is 20.8. The van der Waals surface area contributed by atoms with Crippen LogP contribution in [0.15, 0.2) is 24.3 Å². The van der Waals surface area contributed by atoms with Gasteiger partial charge in [-0.2, -0.15) is 0 Å². The molecule has 0 saturated heterocycles. The zero-order valence-corrected chi connectivity index (χ0v) is 20.8. The van der Waals surface area contributed by atoms with Crippen molar-refractivity contribution in [3.63, 3.8) is 0 Å². The number of phenols is 1. The maximum Gasteiger partial charge on any atom is 0.314 e. The molecular formula is C28H50N2O2. The Morgan fingerprint density at radius 2 is 1.03 bits per heavy atom. The molecule has 184 valence electrons. The second-order valence-corrected chi connectivity index (χ2v) is 9.26. The van der Waals surface area contributed by atoms with Gasteiger partial charge in [0.1, 0.15) is 5.75 Å². The number of aryl methyl sites for hydroxylation is 1. The maximum absolute atomic E-state index is 11.8. The molecule has 0 radical (unpaired) electrons. The van der Waals surface area contributed by atoms with Gasteiger partial charge < -0.3 is 15.7 Å². The van der Waals surface area contributed by atoms with E-state index in [1.807, 2.05) is 12.1 Å². The van der Waals surface area contributed by atoms with Gasteiger partial charge in [0.05, 0.1) is 0 Å². The number of carbonyl (C=O) groups excluding carboxylic acids is 1. The summed E-state index contributed by atoms with van der Waals surface area (Å²) in [5, 5.41) is 15.2.